The highest BCUT2D eigenvalue weighted by Crippen LogP contribution is 2.25. The number of rotatable bonds is 2. The van der Waals surface area contributed by atoms with Crippen molar-refractivity contribution in [3.8, 4) is 0 Å². The van der Waals surface area contributed by atoms with Gasteiger partial charge in [0, 0.05) is 23.8 Å². The number of hydrogen-bond acceptors (Lipinski definition) is 3. The summed E-state index contributed by atoms with van der Waals surface area (Å²) in [5, 5.41) is 0. The van der Waals surface area contributed by atoms with Crippen molar-refractivity contribution in [1.29, 1.82) is 0 Å². The number of halogens is 1. The summed E-state index contributed by atoms with van der Waals surface area (Å²) in [6.45, 7) is 0.652. The quantitative estimate of drug-likeness (QED) is 0.823. The Morgan fingerprint density at radius 3 is 2.72 bits per heavy atom. The van der Waals surface area contributed by atoms with E-state index in [2.05, 4.69) is 15.9 Å². The van der Waals surface area contributed by atoms with Crippen molar-refractivity contribution < 1.29 is 9.59 Å². The summed E-state index contributed by atoms with van der Waals surface area (Å²) in [5.41, 5.74) is 7.31. The fourth-order valence-electron chi connectivity index (χ4n) is 1.83. The highest BCUT2D eigenvalue weighted by molar-refractivity contribution is 9.10. The third kappa shape index (κ3) is 2.48. The summed E-state index contributed by atoms with van der Waals surface area (Å²) >= 11 is 3.40. The average molecular weight is 312 g/mol. The highest BCUT2D eigenvalue weighted by atomic mass is 79.9. The summed E-state index contributed by atoms with van der Waals surface area (Å²) in [7, 11) is 1.63. The number of anilines is 1. The molecule has 0 aliphatic carbocycles. The number of likely N-dealkylation sites (N-methyl/N-ethyl adjacent to an activating group) is 1. The lowest BCUT2D eigenvalue weighted by Gasteiger charge is -2.31. The molecule has 1 aromatic rings. The van der Waals surface area contributed by atoms with Gasteiger partial charge in [-0.05, 0) is 27.6 Å². The molecule has 1 fully saturated rings. The fraction of sp³-hybridized carbons (Fsp3) is 0.333. The Labute approximate surface area is 114 Å². The SMILES string of the molecule is CN1CC(=O)N(Cc2cccc(N)c2Br)CC1=O. The molecule has 1 saturated heterocycles. The zero-order valence-corrected chi connectivity index (χ0v) is 11.6. The molecule has 0 aromatic heterocycles. The minimum absolute atomic E-state index is 0.0466. The van der Waals surface area contributed by atoms with Crippen molar-refractivity contribution in [2.24, 2.45) is 0 Å². The van der Waals surface area contributed by atoms with Crippen LogP contribution in [0.4, 0.5) is 5.69 Å². The minimum atomic E-state index is -0.0496. The van der Waals surface area contributed by atoms with Gasteiger partial charge in [0.05, 0.1) is 6.54 Å². The number of amides is 2. The van der Waals surface area contributed by atoms with Gasteiger partial charge in [0.1, 0.15) is 6.54 Å². The molecule has 18 heavy (non-hydrogen) atoms. The number of nitrogens with zero attached hydrogens (tertiary/aromatic N) is 2. The Hall–Kier alpha value is -1.56. The molecule has 1 aliphatic rings. The number of carbonyl (C=O) groups excluding carboxylic acids is 2. The Balaban J connectivity index is 2.16. The molecule has 2 rings (SSSR count). The molecule has 0 saturated carbocycles. The predicted octanol–water partition coefficient (Wildman–Crippen LogP) is 0.832. The Morgan fingerprint density at radius 1 is 1.28 bits per heavy atom. The predicted molar refractivity (Wildman–Crippen MR) is 71.6 cm³/mol. The van der Waals surface area contributed by atoms with Gasteiger partial charge in [0.2, 0.25) is 11.8 Å². The van der Waals surface area contributed by atoms with Gasteiger partial charge in [0.15, 0.2) is 0 Å². The maximum Gasteiger partial charge on any atom is 0.242 e. The van der Waals surface area contributed by atoms with Crippen molar-refractivity contribution in [3.63, 3.8) is 0 Å². The van der Waals surface area contributed by atoms with Crippen molar-refractivity contribution in [2.75, 3.05) is 25.9 Å². The molecule has 0 spiro atoms. The fourth-order valence-corrected chi connectivity index (χ4v) is 2.22. The lowest BCUT2D eigenvalue weighted by atomic mass is 10.1. The molecule has 0 unspecified atom stereocenters. The first kappa shape index (κ1) is 12.9. The number of benzene rings is 1. The number of piperazine rings is 1. The molecule has 5 nitrogen and oxygen atoms in total. The van der Waals surface area contributed by atoms with E-state index in [4.69, 9.17) is 5.73 Å². The first-order valence-corrected chi connectivity index (χ1v) is 6.33. The normalized spacial score (nSPS) is 16.3. The van der Waals surface area contributed by atoms with Crippen LogP contribution in [0.3, 0.4) is 0 Å². The van der Waals surface area contributed by atoms with E-state index in [1.807, 2.05) is 12.1 Å². The van der Waals surface area contributed by atoms with E-state index in [1.165, 1.54) is 4.90 Å². The zero-order valence-electron chi connectivity index (χ0n) is 10.0. The first-order chi connectivity index (χ1) is 8.49. The van der Waals surface area contributed by atoms with E-state index in [1.54, 1.807) is 18.0 Å². The van der Waals surface area contributed by atoms with Gasteiger partial charge in [-0.25, -0.2) is 0 Å². The molecule has 0 atom stereocenters. The van der Waals surface area contributed by atoms with Gasteiger partial charge in [-0.2, -0.15) is 0 Å². The molecule has 1 aromatic carbocycles. The van der Waals surface area contributed by atoms with Crippen LogP contribution >= 0.6 is 15.9 Å². The molecule has 2 N–H and O–H groups in total. The largest absolute Gasteiger partial charge is 0.398 e. The molecule has 1 heterocycles. The second kappa shape index (κ2) is 4.97. The number of hydrogen-bond donors (Lipinski definition) is 1. The minimum Gasteiger partial charge on any atom is -0.398 e. The summed E-state index contributed by atoms with van der Waals surface area (Å²) in [6, 6.07) is 5.50. The van der Waals surface area contributed by atoms with Crippen LogP contribution in [0.15, 0.2) is 22.7 Å². The van der Waals surface area contributed by atoms with E-state index in [9.17, 15) is 9.59 Å². The van der Waals surface area contributed by atoms with Crippen LogP contribution in [-0.2, 0) is 16.1 Å². The zero-order chi connectivity index (χ0) is 13.3. The van der Waals surface area contributed by atoms with Gasteiger partial charge >= 0.3 is 0 Å². The van der Waals surface area contributed by atoms with Crippen molar-refractivity contribution in [2.45, 2.75) is 6.54 Å². The average Bonchev–Trinajstić information content (AvgIpc) is 2.32. The van der Waals surface area contributed by atoms with Crippen molar-refractivity contribution in [3.05, 3.63) is 28.2 Å². The summed E-state index contributed by atoms with van der Waals surface area (Å²) in [6.07, 6.45) is 0. The van der Waals surface area contributed by atoms with Crippen LogP contribution in [0, 0.1) is 0 Å². The summed E-state index contributed by atoms with van der Waals surface area (Å²) in [5.74, 6) is -0.0962. The Kier molecular flexibility index (Phi) is 3.56. The first-order valence-electron chi connectivity index (χ1n) is 5.53. The Morgan fingerprint density at radius 2 is 2.00 bits per heavy atom. The van der Waals surface area contributed by atoms with Gasteiger partial charge in [-0.3, -0.25) is 9.59 Å². The van der Waals surface area contributed by atoms with Crippen LogP contribution < -0.4 is 5.73 Å². The van der Waals surface area contributed by atoms with Gasteiger partial charge < -0.3 is 15.5 Å². The standard InChI is InChI=1S/C12H14BrN3O2/c1-15-6-11(18)16(7-10(15)17)5-8-3-2-4-9(14)12(8)13/h2-4H,5-7,14H2,1H3. The number of nitrogens with two attached hydrogens (primary N) is 1. The molecule has 0 radical (unpaired) electrons. The second-order valence-corrected chi connectivity index (χ2v) is 5.11. The highest BCUT2D eigenvalue weighted by Gasteiger charge is 2.27. The van der Waals surface area contributed by atoms with Gasteiger partial charge in [-0.1, -0.05) is 12.1 Å². The van der Waals surface area contributed by atoms with Gasteiger partial charge in [0.25, 0.3) is 0 Å². The third-order valence-corrected chi connectivity index (χ3v) is 3.91. The molecule has 0 bridgehead atoms. The molecular formula is C12H14BrN3O2. The maximum atomic E-state index is 11.8. The summed E-state index contributed by atoms with van der Waals surface area (Å²) in [4.78, 5) is 26.4. The molecule has 96 valence electrons. The monoisotopic (exact) mass is 311 g/mol. The topological polar surface area (TPSA) is 66.6 Å². The van der Waals surface area contributed by atoms with E-state index >= 15 is 0 Å². The Bertz CT molecular complexity index is 504. The van der Waals surface area contributed by atoms with Crippen LogP contribution in [0.25, 0.3) is 0 Å². The molecule has 2 amide bonds. The third-order valence-electron chi connectivity index (χ3n) is 2.95. The second-order valence-electron chi connectivity index (χ2n) is 4.32. The van der Waals surface area contributed by atoms with E-state index in [0.717, 1.165) is 10.0 Å². The maximum absolute atomic E-state index is 11.8. The van der Waals surface area contributed by atoms with Crippen LogP contribution in [0.1, 0.15) is 5.56 Å². The lowest BCUT2D eigenvalue weighted by Crippen LogP contribution is -2.51. The van der Waals surface area contributed by atoms with Gasteiger partial charge in [-0.15, -0.1) is 0 Å². The van der Waals surface area contributed by atoms with Crippen LogP contribution in [0.5, 0.6) is 0 Å². The van der Waals surface area contributed by atoms with E-state index in [-0.39, 0.29) is 24.9 Å². The summed E-state index contributed by atoms with van der Waals surface area (Å²) < 4.78 is 0.782. The van der Waals surface area contributed by atoms with E-state index in [0.29, 0.717) is 12.2 Å². The number of carbonyl (C=O) groups is 2. The smallest absolute Gasteiger partial charge is 0.242 e. The molecule has 1 aliphatic heterocycles. The lowest BCUT2D eigenvalue weighted by molar-refractivity contribution is -0.149. The van der Waals surface area contributed by atoms with E-state index < -0.39 is 0 Å². The molecular weight excluding hydrogens is 298 g/mol. The van der Waals surface area contributed by atoms with Crippen molar-refractivity contribution in [1.82, 2.24) is 9.80 Å². The molecule has 6 heteroatoms. The van der Waals surface area contributed by atoms with Crippen LogP contribution in [-0.4, -0.2) is 41.8 Å². The van der Waals surface area contributed by atoms with Crippen molar-refractivity contribution >= 4 is 33.4 Å². The van der Waals surface area contributed by atoms with Crippen LogP contribution in [0.2, 0.25) is 0 Å². The number of nitrogen functional groups attached to an aromatic ring is 1.